The molecule has 4 heteroatoms. The van der Waals surface area contributed by atoms with E-state index < -0.39 is 0 Å². The van der Waals surface area contributed by atoms with Crippen LogP contribution in [-0.2, 0) is 0 Å². The Balaban J connectivity index is 2.10. The Labute approximate surface area is 94.7 Å². The quantitative estimate of drug-likeness (QED) is 0.792. The average molecular weight is 216 g/mol. The van der Waals surface area contributed by atoms with Crippen LogP contribution in [0.2, 0.25) is 0 Å². The zero-order chi connectivity index (χ0) is 11.0. The molecule has 0 spiro atoms. The van der Waals surface area contributed by atoms with Crippen LogP contribution in [0, 0.1) is 0 Å². The molecule has 0 saturated carbocycles. The summed E-state index contributed by atoms with van der Waals surface area (Å²) in [6, 6.07) is 6.23. The molecule has 0 radical (unpaired) electrons. The minimum Gasteiger partial charge on any atom is -0.369 e. The van der Waals surface area contributed by atoms with Crippen molar-refractivity contribution in [3.05, 3.63) is 24.4 Å². The Morgan fingerprint density at radius 1 is 1.12 bits per heavy atom. The van der Waals surface area contributed by atoms with Crippen LogP contribution in [0.5, 0.6) is 0 Å². The molecule has 2 aromatic heterocycles. The molecule has 0 atom stereocenters. The van der Waals surface area contributed by atoms with Gasteiger partial charge in [-0.15, -0.1) is 0 Å². The third-order valence-electron chi connectivity index (χ3n) is 3.24. The van der Waals surface area contributed by atoms with Crippen LogP contribution in [0.25, 0.3) is 5.52 Å². The van der Waals surface area contributed by atoms with E-state index in [1.807, 2.05) is 16.7 Å². The standard InChI is InChI=1S/C12H16N4/c13-12-14-9-10-5-4-6-11(16(10)12)15-7-2-1-3-8-15/h4-6,9H,1-3,7-8H2,(H2,13,14). The molecule has 2 N–H and O–H groups in total. The Bertz CT molecular complexity index is 497. The van der Waals surface area contributed by atoms with Crippen LogP contribution in [0.1, 0.15) is 19.3 Å². The highest BCUT2D eigenvalue weighted by Crippen LogP contribution is 2.23. The summed E-state index contributed by atoms with van der Waals surface area (Å²) >= 11 is 0. The first-order valence-corrected chi connectivity index (χ1v) is 5.83. The molecule has 1 aliphatic heterocycles. The highest BCUT2D eigenvalue weighted by Gasteiger charge is 2.14. The summed E-state index contributed by atoms with van der Waals surface area (Å²) in [6.07, 6.45) is 5.70. The van der Waals surface area contributed by atoms with Crippen molar-refractivity contribution in [2.75, 3.05) is 23.7 Å². The molecule has 0 bridgehead atoms. The lowest BCUT2D eigenvalue weighted by Gasteiger charge is -2.29. The lowest BCUT2D eigenvalue weighted by molar-refractivity contribution is 0.572. The summed E-state index contributed by atoms with van der Waals surface area (Å²) in [5.74, 6) is 1.75. The van der Waals surface area contributed by atoms with Crippen molar-refractivity contribution in [1.82, 2.24) is 9.38 Å². The van der Waals surface area contributed by atoms with Crippen molar-refractivity contribution in [1.29, 1.82) is 0 Å². The first-order valence-electron chi connectivity index (χ1n) is 5.83. The topological polar surface area (TPSA) is 46.6 Å². The zero-order valence-electron chi connectivity index (χ0n) is 9.26. The molecule has 1 saturated heterocycles. The number of anilines is 2. The Morgan fingerprint density at radius 3 is 2.75 bits per heavy atom. The molecule has 1 aliphatic rings. The van der Waals surface area contributed by atoms with Gasteiger partial charge in [-0.25, -0.2) is 4.98 Å². The van der Waals surface area contributed by atoms with Crippen LogP contribution in [-0.4, -0.2) is 22.5 Å². The second-order valence-electron chi connectivity index (χ2n) is 4.31. The van der Waals surface area contributed by atoms with E-state index in [1.165, 1.54) is 25.1 Å². The van der Waals surface area contributed by atoms with E-state index in [0.29, 0.717) is 5.95 Å². The van der Waals surface area contributed by atoms with Gasteiger partial charge in [0, 0.05) is 13.1 Å². The van der Waals surface area contributed by atoms with Crippen molar-refractivity contribution in [2.24, 2.45) is 0 Å². The van der Waals surface area contributed by atoms with Gasteiger partial charge in [0.25, 0.3) is 0 Å². The third-order valence-corrected chi connectivity index (χ3v) is 3.24. The SMILES string of the molecule is Nc1ncc2cccc(N3CCCCC3)n12. The third kappa shape index (κ3) is 1.41. The number of imidazole rings is 1. The highest BCUT2D eigenvalue weighted by molar-refractivity contribution is 5.59. The fourth-order valence-corrected chi connectivity index (χ4v) is 2.42. The number of nitrogen functional groups attached to an aromatic ring is 1. The lowest BCUT2D eigenvalue weighted by atomic mass is 10.1. The minimum absolute atomic E-state index is 0.580. The van der Waals surface area contributed by atoms with Crippen molar-refractivity contribution < 1.29 is 0 Å². The van der Waals surface area contributed by atoms with Gasteiger partial charge in [0.05, 0.1) is 11.7 Å². The van der Waals surface area contributed by atoms with Crippen molar-refractivity contribution in [3.63, 3.8) is 0 Å². The van der Waals surface area contributed by atoms with E-state index in [0.717, 1.165) is 18.6 Å². The average Bonchev–Trinajstić information content (AvgIpc) is 2.73. The number of pyridine rings is 1. The summed E-state index contributed by atoms with van der Waals surface area (Å²) in [4.78, 5) is 6.56. The van der Waals surface area contributed by atoms with Crippen LogP contribution in [0.4, 0.5) is 11.8 Å². The van der Waals surface area contributed by atoms with E-state index >= 15 is 0 Å². The fraction of sp³-hybridized carbons (Fsp3) is 0.417. The van der Waals surface area contributed by atoms with E-state index in [4.69, 9.17) is 5.73 Å². The summed E-state index contributed by atoms with van der Waals surface area (Å²) in [6.45, 7) is 2.24. The van der Waals surface area contributed by atoms with Gasteiger partial charge in [-0.1, -0.05) is 6.07 Å². The van der Waals surface area contributed by atoms with Gasteiger partial charge in [0.1, 0.15) is 5.82 Å². The molecule has 3 heterocycles. The van der Waals surface area contributed by atoms with Gasteiger partial charge in [-0.05, 0) is 31.4 Å². The number of fused-ring (bicyclic) bond motifs is 1. The van der Waals surface area contributed by atoms with Gasteiger partial charge in [-0.3, -0.25) is 4.40 Å². The van der Waals surface area contributed by atoms with Crippen molar-refractivity contribution in [2.45, 2.75) is 19.3 Å². The van der Waals surface area contributed by atoms with Gasteiger partial charge < -0.3 is 10.6 Å². The van der Waals surface area contributed by atoms with Gasteiger partial charge in [0.2, 0.25) is 5.95 Å². The molecule has 2 aromatic rings. The monoisotopic (exact) mass is 216 g/mol. The number of aromatic nitrogens is 2. The maximum atomic E-state index is 5.91. The molecular weight excluding hydrogens is 200 g/mol. The molecule has 4 nitrogen and oxygen atoms in total. The summed E-state index contributed by atoms with van der Waals surface area (Å²) in [5, 5.41) is 0. The number of hydrogen-bond donors (Lipinski definition) is 1. The molecule has 0 amide bonds. The predicted molar refractivity (Wildman–Crippen MR) is 65.7 cm³/mol. The Hall–Kier alpha value is -1.71. The normalized spacial score (nSPS) is 16.9. The van der Waals surface area contributed by atoms with Gasteiger partial charge in [-0.2, -0.15) is 0 Å². The first-order chi connectivity index (χ1) is 7.86. The molecule has 3 rings (SSSR count). The van der Waals surface area contributed by atoms with Crippen LogP contribution in [0.15, 0.2) is 24.4 Å². The highest BCUT2D eigenvalue weighted by atomic mass is 15.3. The minimum atomic E-state index is 0.580. The number of hydrogen-bond acceptors (Lipinski definition) is 3. The van der Waals surface area contributed by atoms with Gasteiger partial charge >= 0.3 is 0 Å². The van der Waals surface area contributed by atoms with Crippen LogP contribution in [0.3, 0.4) is 0 Å². The van der Waals surface area contributed by atoms with Crippen LogP contribution >= 0.6 is 0 Å². The Morgan fingerprint density at radius 2 is 1.94 bits per heavy atom. The largest absolute Gasteiger partial charge is 0.369 e. The second kappa shape index (κ2) is 3.70. The fourth-order valence-electron chi connectivity index (χ4n) is 2.42. The maximum absolute atomic E-state index is 5.91. The number of rotatable bonds is 1. The lowest BCUT2D eigenvalue weighted by Crippen LogP contribution is -2.31. The van der Waals surface area contributed by atoms with E-state index in [1.54, 1.807) is 0 Å². The molecule has 16 heavy (non-hydrogen) atoms. The molecular formula is C12H16N4. The predicted octanol–water partition coefficient (Wildman–Crippen LogP) is 1.91. The molecule has 1 fully saturated rings. The summed E-state index contributed by atoms with van der Waals surface area (Å²) in [5.41, 5.74) is 6.98. The number of nitrogens with two attached hydrogens (primary N) is 1. The molecule has 0 aromatic carbocycles. The Kier molecular flexibility index (Phi) is 2.20. The molecule has 84 valence electrons. The number of piperidine rings is 1. The zero-order valence-corrected chi connectivity index (χ0v) is 9.26. The molecule has 0 aliphatic carbocycles. The van der Waals surface area contributed by atoms with E-state index in [2.05, 4.69) is 22.0 Å². The number of nitrogens with zero attached hydrogens (tertiary/aromatic N) is 3. The second-order valence-corrected chi connectivity index (χ2v) is 4.31. The van der Waals surface area contributed by atoms with E-state index in [-0.39, 0.29) is 0 Å². The first kappa shape index (κ1) is 9.51. The maximum Gasteiger partial charge on any atom is 0.206 e. The van der Waals surface area contributed by atoms with Crippen molar-refractivity contribution in [3.8, 4) is 0 Å². The van der Waals surface area contributed by atoms with E-state index in [9.17, 15) is 0 Å². The summed E-state index contributed by atoms with van der Waals surface area (Å²) in [7, 11) is 0. The smallest absolute Gasteiger partial charge is 0.206 e. The summed E-state index contributed by atoms with van der Waals surface area (Å²) < 4.78 is 2.03. The van der Waals surface area contributed by atoms with Crippen LogP contribution < -0.4 is 10.6 Å². The van der Waals surface area contributed by atoms with Crippen molar-refractivity contribution >= 4 is 17.3 Å². The van der Waals surface area contributed by atoms with Gasteiger partial charge in [0.15, 0.2) is 0 Å². The molecule has 0 unspecified atom stereocenters.